The molecule has 5 heteroatoms. The summed E-state index contributed by atoms with van der Waals surface area (Å²) in [5.74, 6) is 0.844. The van der Waals surface area contributed by atoms with Gasteiger partial charge in [0.05, 0.1) is 23.0 Å². The van der Waals surface area contributed by atoms with Gasteiger partial charge in [0.15, 0.2) is 0 Å². The molecule has 1 aromatic carbocycles. The third kappa shape index (κ3) is 3.05. The van der Waals surface area contributed by atoms with Crippen molar-refractivity contribution in [2.45, 2.75) is 64.6 Å². The molecule has 1 saturated carbocycles. The lowest BCUT2D eigenvalue weighted by atomic mass is 9.74. The molecule has 1 aliphatic rings. The number of fused-ring (bicyclic) bond motifs is 1. The Morgan fingerprint density at radius 3 is 2.92 bits per heavy atom. The van der Waals surface area contributed by atoms with Gasteiger partial charge in [0, 0.05) is 12.1 Å². The summed E-state index contributed by atoms with van der Waals surface area (Å²) < 4.78 is 2.17. The molecule has 1 aromatic heterocycles. The second kappa shape index (κ2) is 6.55. The first-order valence-electron chi connectivity index (χ1n) is 8.98. The van der Waals surface area contributed by atoms with Crippen molar-refractivity contribution in [3.8, 4) is 0 Å². The van der Waals surface area contributed by atoms with Gasteiger partial charge in [-0.25, -0.2) is 4.98 Å². The number of nitrogens with two attached hydrogens (primary N) is 1. The fourth-order valence-electron chi connectivity index (χ4n) is 3.92. The van der Waals surface area contributed by atoms with Crippen molar-refractivity contribution in [1.82, 2.24) is 14.9 Å². The highest BCUT2D eigenvalue weighted by atomic mass is 16.2. The quantitative estimate of drug-likeness (QED) is 0.905. The third-order valence-corrected chi connectivity index (χ3v) is 5.32. The number of para-hydroxylation sites is 2. The number of rotatable bonds is 4. The van der Waals surface area contributed by atoms with Gasteiger partial charge in [-0.3, -0.25) is 4.79 Å². The van der Waals surface area contributed by atoms with E-state index in [0.29, 0.717) is 0 Å². The lowest BCUT2D eigenvalue weighted by Gasteiger charge is -2.37. The zero-order valence-electron chi connectivity index (χ0n) is 14.9. The van der Waals surface area contributed by atoms with E-state index in [9.17, 15) is 4.79 Å². The Morgan fingerprint density at radius 2 is 2.21 bits per heavy atom. The molecule has 3 rings (SSSR count). The van der Waals surface area contributed by atoms with Crippen LogP contribution in [0.2, 0.25) is 0 Å². The van der Waals surface area contributed by atoms with Crippen molar-refractivity contribution >= 4 is 16.9 Å². The van der Waals surface area contributed by atoms with Crippen LogP contribution in [0.3, 0.4) is 0 Å². The Labute approximate surface area is 143 Å². The first-order chi connectivity index (χ1) is 11.4. The number of nitrogens with one attached hydrogen (secondary N) is 1. The highest BCUT2D eigenvalue weighted by Crippen LogP contribution is 2.32. The summed E-state index contributed by atoms with van der Waals surface area (Å²) in [7, 11) is 0. The van der Waals surface area contributed by atoms with Crippen molar-refractivity contribution in [2.75, 3.05) is 0 Å². The molecule has 2 aromatic rings. The number of carbonyl (C=O) groups is 1. The lowest BCUT2D eigenvalue weighted by Crippen LogP contribution is -2.53. The summed E-state index contributed by atoms with van der Waals surface area (Å²) in [6, 6.07) is 7.96. The van der Waals surface area contributed by atoms with Crippen molar-refractivity contribution < 1.29 is 4.79 Å². The predicted molar refractivity (Wildman–Crippen MR) is 96.5 cm³/mol. The number of imidazole rings is 1. The summed E-state index contributed by atoms with van der Waals surface area (Å²) in [6.45, 7) is 6.93. The third-order valence-electron chi connectivity index (χ3n) is 5.32. The van der Waals surface area contributed by atoms with Crippen LogP contribution in [0, 0.1) is 5.92 Å². The Kier molecular flexibility index (Phi) is 4.63. The average molecular weight is 328 g/mol. The van der Waals surface area contributed by atoms with Crippen molar-refractivity contribution in [2.24, 2.45) is 11.7 Å². The molecule has 0 spiro atoms. The van der Waals surface area contributed by atoms with E-state index in [1.54, 1.807) is 0 Å². The van der Waals surface area contributed by atoms with Crippen molar-refractivity contribution in [3.05, 3.63) is 30.1 Å². The van der Waals surface area contributed by atoms with Gasteiger partial charge < -0.3 is 15.6 Å². The smallest absolute Gasteiger partial charge is 0.225 e. The van der Waals surface area contributed by atoms with Crippen LogP contribution in [0.25, 0.3) is 11.0 Å². The lowest BCUT2D eigenvalue weighted by molar-refractivity contribution is -0.128. The average Bonchev–Trinajstić information content (AvgIpc) is 2.92. The number of amides is 1. The van der Waals surface area contributed by atoms with Crippen LogP contribution >= 0.6 is 0 Å². The molecule has 1 fully saturated rings. The van der Waals surface area contributed by atoms with Gasteiger partial charge in [-0.1, -0.05) is 25.0 Å². The molecule has 3 unspecified atom stereocenters. The number of aromatic nitrogens is 2. The molecule has 0 bridgehead atoms. The molecular weight excluding hydrogens is 300 g/mol. The monoisotopic (exact) mass is 328 g/mol. The Hall–Kier alpha value is -1.88. The summed E-state index contributed by atoms with van der Waals surface area (Å²) in [5, 5.41) is 3.15. The first-order valence-corrected chi connectivity index (χ1v) is 8.98. The zero-order valence-corrected chi connectivity index (χ0v) is 14.9. The summed E-state index contributed by atoms with van der Waals surface area (Å²) in [4.78, 5) is 17.5. The van der Waals surface area contributed by atoms with Crippen LogP contribution in [0.5, 0.6) is 0 Å². The Balaban J connectivity index is 1.82. The largest absolute Gasteiger partial charge is 0.346 e. The molecule has 0 aliphatic heterocycles. The number of hydrogen-bond acceptors (Lipinski definition) is 3. The normalized spacial score (nSPS) is 25.6. The fourth-order valence-corrected chi connectivity index (χ4v) is 3.92. The second-order valence-corrected chi connectivity index (χ2v) is 7.24. The topological polar surface area (TPSA) is 72.9 Å². The highest BCUT2D eigenvalue weighted by molar-refractivity contribution is 5.81. The maximum absolute atomic E-state index is 12.8. The standard InChI is InChI=1S/C19H28N4O/c1-4-23-16-11-6-5-10-15(16)22-17(23)13(2)21-18(24)14-9-7-8-12-19(14,3)20/h5-6,10-11,13-14H,4,7-9,12,20H2,1-3H3,(H,21,24). The van der Waals surface area contributed by atoms with E-state index in [0.717, 1.165) is 49.1 Å². The minimum Gasteiger partial charge on any atom is -0.346 e. The summed E-state index contributed by atoms with van der Waals surface area (Å²) in [6.07, 6.45) is 3.97. The van der Waals surface area contributed by atoms with Crippen LogP contribution in [0.4, 0.5) is 0 Å². The Bertz CT molecular complexity index is 734. The van der Waals surface area contributed by atoms with Gasteiger partial charge in [0.25, 0.3) is 0 Å². The number of aryl methyl sites for hydroxylation is 1. The molecular formula is C19H28N4O. The molecule has 3 N–H and O–H groups in total. The number of nitrogens with zero attached hydrogens (tertiary/aromatic N) is 2. The van der Waals surface area contributed by atoms with Crippen molar-refractivity contribution in [3.63, 3.8) is 0 Å². The molecule has 0 radical (unpaired) electrons. The Morgan fingerprint density at radius 1 is 1.46 bits per heavy atom. The van der Waals surface area contributed by atoms with Gasteiger partial charge in [-0.2, -0.15) is 0 Å². The molecule has 1 aliphatic carbocycles. The van der Waals surface area contributed by atoms with Gasteiger partial charge in [-0.15, -0.1) is 0 Å². The molecule has 130 valence electrons. The molecule has 5 nitrogen and oxygen atoms in total. The van der Waals surface area contributed by atoms with E-state index in [1.165, 1.54) is 0 Å². The van der Waals surface area contributed by atoms with Gasteiger partial charge >= 0.3 is 0 Å². The summed E-state index contributed by atoms with van der Waals surface area (Å²) in [5.41, 5.74) is 8.04. The SMILES string of the molecule is CCn1c(C(C)NC(=O)C2CCCCC2(C)N)nc2ccccc21. The van der Waals surface area contributed by atoms with E-state index in [1.807, 2.05) is 32.0 Å². The van der Waals surface area contributed by atoms with Gasteiger partial charge in [0.1, 0.15) is 5.82 Å². The van der Waals surface area contributed by atoms with Crippen molar-refractivity contribution in [1.29, 1.82) is 0 Å². The fraction of sp³-hybridized carbons (Fsp3) is 0.579. The molecule has 3 atom stereocenters. The van der Waals surface area contributed by atoms with Crippen LogP contribution in [-0.2, 0) is 11.3 Å². The number of benzene rings is 1. The van der Waals surface area contributed by atoms with E-state index in [-0.39, 0.29) is 17.9 Å². The minimum atomic E-state index is -0.410. The van der Waals surface area contributed by atoms with Crippen LogP contribution in [0.1, 0.15) is 58.3 Å². The minimum absolute atomic E-state index is 0.0573. The van der Waals surface area contributed by atoms with Crippen LogP contribution in [-0.4, -0.2) is 21.0 Å². The second-order valence-electron chi connectivity index (χ2n) is 7.24. The highest BCUT2D eigenvalue weighted by Gasteiger charge is 2.38. The van der Waals surface area contributed by atoms with Gasteiger partial charge in [0.2, 0.25) is 5.91 Å². The first kappa shape index (κ1) is 17.0. The molecule has 0 saturated heterocycles. The summed E-state index contributed by atoms with van der Waals surface area (Å²) >= 11 is 0. The van der Waals surface area contributed by atoms with Crippen LogP contribution < -0.4 is 11.1 Å². The zero-order chi connectivity index (χ0) is 17.3. The van der Waals surface area contributed by atoms with E-state index in [2.05, 4.69) is 22.9 Å². The predicted octanol–water partition coefficient (Wildman–Crippen LogP) is 3.14. The van der Waals surface area contributed by atoms with E-state index < -0.39 is 5.54 Å². The number of carbonyl (C=O) groups excluding carboxylic acids is 1. The maximum atomic E-state index is 12.8. The molecule has 1 amide bonds. The molecule has 1 heterocycles. The maximum Gasteiger partial charge on any atom is 0.225 e. The number of hydrogen-bond donors (Lipinski definition) is 2. The van der Waals surface area contributed by atoms with E-state index >= 15 is 0 Å². The van der Waals surface area contributed by atoms with E-state index in [4.69, 9.17) is 10.7 Å². The van der Waals surface area contributed by atoms with Gasteiger partial charge in [-0.05, 0) is 45.7 Å². The molecule has 24 heavy (non-hydrogen) atoms. The van der Waals surface area contributed by atoms with Crippen LogP contribution in [0.15, 0.2) is 24.3 Å².